The van der Waals surface area contributed by atoms with Gasteiger partial charge < -0.3 is 9.72 Å². The van der Waals surface area contributed by atoms with E-state index < -0.39 is 0 Å². The van der Waals surface area contributed by atoms with E-state index in [9.17, 15) is 4.79 Å². The Balaban J connectivity index is 1.91. The zero-order valence-electron chi connectivity index (χ0n) is 13.0. The number of nitrogens with one attached hydrogen (secondary N) is 1. The largest absolute Gasteiger partial charge is 0.322 e. The maximum absolute atomic E-state index is 12.5. The molecule has 1 aromatic carbocycles. The zero-order valence-corrected chi connectivity index (χ0v) is 13.0. The highest BCUT2D eigenvalue weighted by molar-refractivity contribution is 6.04. The molecule has 4 nitrogen and oxygen atoms in total. The number of anilines is 1. The van der Waals surface area contributed by atoms with Crippen molar-refractivity contribution in [2.45, 2.75) is 26.2 Å². The van der Waals surface area contributed by atoms with Crippen LogP contribution in [0.15, 0.2) is 55.0 Å². The van der Waals surface area contributed by atoms with Crippen molar-refractivity contribution in [3.63, 3.8) is 0 Å². The van der Waals surface area contributed by atoms with Crippen LogP contribution in [0, 0.1) is 0 Å². The van der Waals surface area contributed by atoms with Gasteiger partial charge >= 0.3 is 0 Å². The highest BCUT2D eigenvalue weighted by Gasteiger charge is 2.19. The summed E-state index contributed by atoms with van der Waals surface area (Å²) in [6.07, 6.45) is 5.33. The lowest BCUT2D eigenvalue weighted by Gasteiger charge is -2.23. The van der Waals surface area contributed by atoms with Gasteiger partial charge in [0.25, 0.3) is 5.91 Å². The number of benzene rings is 1. The first-order valence-electron chi connectivity index (χ1n) is 7.29. The molecule has 0 spiro atoms. The molecule has 1 amide bonds. The lowest BCUT2D eigenvalue weighted by Crippen LogP contribution is -2.18. The highest BCUT2D eigenvalue weighted by atomic mass is 16.1. The lowest BCUT2D eigenvalue weighted by atomic mass is 9.86. The fraction of sp³-hybridized carbons (Fsp3) is 0.222. The van der Waals surface area contributed by atoms with Gasteiger partial charge in [-0.1, -0.05) is 39.0 Å². The molecular formula is C18H19N3O. The SMILES string of the molecule is CC(C)(C)c1ccccc1NC(=O)c1ccc2nccn2c1. The number of para-hydroxylation sites is 1. The van der Waals surface area contributed by atoms with Crippen LogP contribution in [0.1, 0.15) is 36.7 Å². The van der Waals surface area contributed by atoms with Gasteiger partial charge in [-0.05, 0) is 29.2 Å². The smallest absolute Gasteiger partial charge is 0.257 e. The third-order valence-corrected chi connectivity index (χ3v) is 3.63. The first kappa shape index (κ1) is 14.3. The lowest BCUT2D eigenvalue weighted by molar-refractivity contribution is 0.102. The van der Waals surface area contributed by atoms with Gasteiger partial charge in [-0.3, -0.25) is 4.79 Å². The molecule has 0 bridgehead atoms. The Morgan fingerprint density at radius 3 is 2.68 bits per heavy atom. The van der Waals surface area contributed by atoms with Gasteiger partial charge in [0.15, 0.2) is 0 Å². The molecule has 4 heteroatoms. The predicted octanol–water partition coefficient (Wildman–Crippen LogP) is 3.88. The molecule has 0 radical (unpaired) electrons. The van der Waals surface area contributed by atoms with E-state index in [1.165, 1.54) is 0 Å². The number of amides is 1. The molecule has 2 aromatic heterocycles. The van der Waals surface area contributed by atoms with Crippen LogP contribution in [0.25, 0.3) is 5.65 Å². The number of carbonyl (C=O) groups is 1. The van der Waals surface area contributed by atoms with E-state index in [4.69, 9.17) is 0 Å². The Morgan fingerprint density at radius 2 is 1.91 bits per heavy atom. The predicted molar refractivity (Wildman–Crippen MR) is 88.3 cm³/mol. The van der Waals surface area contributed by atoms with Crippen molar-refractivity contribution in [2.75, 3.05) is 5.32 Å². The molecule has 0 saturated carbocycles. The Hall–Kier alpha value is -2.62. The number of pyridine rings is 1. The van der Waals surface area contributed by atoms with Gasteiger partial charge in [-0.2, -0.15) is 0 Å². The minimum absolute atomic E-state index is 0.0296. The molecule has 22 heavy (non-hydrogen) atoms. The molecule has 1 N–H and O–H groups in total. The molecule has 0 unspecified atom stereocenters. The number of nitrogens with zero attached hydrogens (tertiary/aromatic N) is 2. The minimum atomic E-state index is -0.118. The summed E-state index contributed by atoms with van der Waals surface area (Å²) in [5, 5.41) is 3.02. The summed E-state index contributed by atoms with van der Waals surface area (Å²) in [6.45, 7) is 6.40. The third kappa shape index (κ3) is 2.72. The first-order valence-corrected chi connectivity index (χ1v) is 7.29. The summed E-state index contributed by atoms with van der Waals surface area (Å²) in [5.74, 6) is -0.118. The van der Waals surface area contributed by atoms with Crippen LogP contribution >= 0.6 is 0 Å². The average molecular weight is 293 g/mol. The summed E-state index contributed by atoms with van der Waals surface area (Å²) in [4.78, 5) is 16.7. The molecule has 0 aliphatic rings. The molecule has 0 aliphatic heterocycles. The van der Waals surface area contributed by atoms with E-state index in [1.807, 2.05) is 34.9 Å². The van der Waals surface area contributed by atoms with Crippen molar-refractivity contribution in [1.29, 1.82) is 0 Å². The monoisotopic (exact) mass is 293 g/mol. The fourth-order valence-corrected chi connectivity index (χ4v) is 2.49. The molecule has 0 saturated heterocycles. The van der Waals surface area contributed by atoms with Gasteiger partial charge in [0.1, 0.15) is 5.65 Å². The summed E-state index contributed by atoms with van der Waals surface area (Å²) in [7, 11) is 0. The number of rotatable bonds is 2. The van der Waals surface area contributed by atoms with Crippen LogP contribution < -0.4 is 5.32 Å². The van der Waals surface area contributed by atoms with E-state index in [2.05, 4.69) is 37.1 Å². The van der Waals surface area contributed by atoms with Crippen LogP contribution in [-0.4, -0.2) is 15.3 Å². The molecule has 3 rings (SSSR count). The van der Waals surface area contributed by atoms with E-state index in [1.54, 1.807) is 18.5 Å². The van der Waals surface area contributed by atoms with E-state index in [0.29, 0.717) is 5.56 Å². The third-order valence-electron chi connectivity index (χ3n) is 3.63. The molecular weight excluding hydrogens is 274 g/mol. The number of imidazole rings is 1. The molecule has 0 atom stereocenters. The summed E-state index contributed by atoms with van der Waals surface area (Å²) < 4.78 is 1.84. The van der Waals surface area contributed by atoms with Crippen LogP contribution in [0.3, 0.4) is 0 Å². The Bertz CT molecular complexity index is 827. The van der Waals surface area contributed by atoms with Crippen molar-refractivity contribution in [2.24, 2.45) is 0 Å². The topological polar surface area (TPSA) is 46.4 Å². The van der Waals surface area contributed by atoms with Crippen LogP contribution in [0.5, 0.6) is 0 Å². The van der Waals surface area contributed by atoms with Gasteiger partial charge in [0.2, 0.25) is 0 Å². The summed E-state index contributed by atoms with van der Waals surface area (Å²) in [6, 6.07) is 11.5. The molecule has 0 fully saturated rings. The number of fused-ring (bicyclic) bond motifs is 1. The Labute approximate surface area is 129 Å². The molecule has 112 valence electrons. The summed E-state index contributed by atoms with van der Waals surface area (Å²) in [5.41, 5.74) is 3.37. The molecule has 3 aromatic rings. The minimum Gasteiger partial charge on any atom is -0.322 e. The summed E-state index contributed by atoms with van der Waals surface area (Å²) >= 11 is 0. The van der Waals surface area contributed by atoms with Crippen molar-refractivity contribution in [3.8, 4) is 0 Å². The standard InChI is InChI=1S/C18H19N3O/c1-18(2,3)14-6-4-5-7-15(14)20-17(22)13-8-9-16-19-10-11-21(16)12-13/h4-12H,1-3H3,(H,20,22). The number of hydrogen-bond acceptors (Lipinski definition) is 2. The van der Waals surface area contributed by atoms with Crippen molar-refractivity contribution < 1.29 is 4.79 Å². The van der Waals surface area contributed by atoms with E-state index >= 15 is 0 Å². The average Bonchev–Trinajstić information content (AvgIpc) is 2.94. The Kier molecular flexibility index (Phi) is 3.45. The second-order valence-electron chi connectivity index (χ2n) is 6.36. The number of aromatic nitrogens is 2. The zero-order chi connectivity index (χ0) is 15.7. The van der Waals surface area contributed by atoms with Crippen molar-refractivity contribution in [1.82, 2.24) is 9.38 Å². The van der Waals surface area contributed by atoms with Crippen LogP contribution in [0.4, 0.5) is 5.69 Å². The second kappa shape index (κ2) is 5.30. The first-order chi connectivity index (χ1) is 10.4. The van der Waals surface area contributed by atoms with Crippen molar-refractivity contribution >= 4 is 17.2 Å². The van der Waals surface area contributed by atoms with Crippen LogP contribution in [0.2, 0.25) is 0 Å². The maximum atomic E-state index is 12.5. The maximum Gasteiger partial charge on any atom is 0.257 e. The normalized spacial score (nSPS) is 11.6. The highest BCUT2D eigenvalue weighted by Crippen LogP contribution is 2.29. The molecule has 2 heterocycles. The molecule has 0 aliphatic carbocycles. The fourth-order valence-electron chi connectivity index (χ4n) is 2.49. The van der Waals surface area contributed by atoms with E-state index in [0.717, 1.165) is 16.9 Å². The Morgan fingerprint density at radius 1 is 1.14 bits per heavy atom. The number of hydrogen-bond donors (Lipinski definition) is 1. The van der Waals surface area contributed by atoms with Gasteiger partial charge in [0.05, 0.1) is 5.56 Å². The quantitative estimate of drug-likeness (QED) is 0.779. The van der Waals surface area contributed by atoms with Gasteiger partial charge in [-0.25, -0.2) is 4.98 Å². The van der Waals surface area contributed by atoms with Gasteiger partial charge in [0, 0.05) is 24.3 Å². The second-order valence-corrected chi connectivity index (χ2v) is 6.36. The number of carbonyl (C=O) groups excluding carboxylic acids is 1. The van der Waals surface area contributed by atoms with E-state index in [-0.39, 0.29) is 11.3 Å². The van der Waals surface area contributed by atoms with Crippen molar-refractivity contribution in [3.05, 3.63) is 66.1 Å². The van der Waals surface area contributed by atoms with Gasteiger partial charge in [-0.15, -0.1) is 0 Å². The van der Waals surface area contributed by atoms with Crippen LogP contribution in [-0.2, 0) is 5.41 Å².